The van der Waals surface area contributed by atoms with Crippen LogP contribution in [0.5, 0.6) is 0 Å². The lowest BCUT2D eigenvalue weighted by molar-refractivity contribution is -0.152. The average Bonchev–Trinajstić information content (AvgIpc) is 2.58. The minimum Gasteiger partial charge on any atom is -0.469 e. The van der Waals surface area contributed by atoms with Crippen LogP contribution in [0.3, 0.4) is 0 Å². The van der Waals surface area contributed by atoms with Crippen LogP contribution < -0.4 is 10.9 Å². The highest BCUT2D eigenvalue weighted by Crippen LogP contribution is 2.46. The minimum atomic E-state index is -2.65. The summed E-state index contributed by atoms with van der Waals surface area (Å²) in [5, 5.41) is 3.08. The number of ether oxygens (including phenoxy) is 1. The molecule has 1 heterocycles. The monoisotopic (exact) mass is 419 g/mol. The summed E-state index contributed by atoms with van der Waals surface area (Å²) in [6, 6.07) is -0.269. The Balaban J connectivity index is 1.91. The van der Waals surface area contributed by atoms with E-state index in [2.05, 4.69) is 26.2 Å². The number of methoxy groups -OCH3 is 1. The summed E-state index contributed by atoms with van der Waals surface area (Å²) in [5.74, 6) is -0.208. The van der Waals surface area contributed by atoms with Gasteiger partial charge in [0.1, 0.15) is 4.60 Å². The number of alkyl halides is 2. The van der Waals surface area contributed by atoms with E-state index in [1.165, 1.54) is 13.3 Å². The van der Waals surface area contributed by atoms with E-state index in [0.29, 0.717) is 0 Å². The molecule has 0 unspecified atom stereocenters. The summed E-state index contributed by atoms with van der Waals surface area (Å²) < 4.78 is 31.5. The molecule has 0 aliphatic heterocycles. The van der Waals surface area contributed by atoms with Gasteiger partial charge in [-0.1, -0.05) is 0 Å². The molecule has 1 aromatic rings. The van der Waals surface area contributed by atoms with E-state index < -0.39 is 18.5 Å². The van der Waals surface area contributed by atoms with Gasteiger partial charge in [0.2, 0.25) is 0 Å². The van der Waals surface area contributed by atoms with Gasteiger partial charge in [0.05, 0.1) is 19.6 Å². The number of rotatable bonds is 5. The summed E-state index contributed by atoms with van der Waals surface area (Å²) in [6.45, 7) is -0.703. The van der Waals surface area contributed by atoms with Crippen LogP contribution in [0.25, 0.3) is 0 Å². The minimum absolute atomic E-state index is 0.0125. The second-order valence-electron chi connectivity index (χ2n) is 6.65. The zero-order valence-electron chi connectivity index (χ0n) is 13.8. The second kappa shape index (κ2) is 7.39. The third kappa shape index (κ3) is 3.70. The first-order valence-corrected chi connectivity index (χ1v) is 9.09. The van der Waals surface area contributed by atoms with Crippen molar-refractivity contribution in [3.63, 3.8) is 0 Å². The molecule has 0 amide bonds. The van der Waals surface area contributed by atoms with Crippen LogP contribution in [0.1, 0.15) is 25.7 Å². The van der Waals surface area contributed by atoms with Gasteiger partial charge in [-0.3, -0.25) is 9.59 Å². The third-order valence-electron chi connectivity index (χ3n) is 5.27. The average molecular weight is 420 g/mol. The molecule has 9 heteroatoms. The van der Waals surface area contributed by atoms with Crippen molar-refractivity contribution in [1.82, 2.24) is 9.55 Å². The number of aromatic nitrogens is 2. The summed E-state index contributed by atoms with van der Waals surface area (Å²) in [6.07, 6.45) is 2.46. The van der Waals surface area contributed by atoms with Gasteiger partial charge in [-0.25, -0.2) is 13.8 Å². The predicted molar refractivity (Wildman–Crippen MR) is 90.6 cm³/mol. The molecular formula is C16H20BrF2N3O3. The van der Waals surface area contributed by atoms with E-state index >= 15 is 0 Å². The quantitative estimate of drug-likeness (QED) is 0.742. The van der Waals surface area contributed by atoms with Crippen molar-refractivity contribution in [3.8, 4) is 0 Å². The Morgan fingerprint density at radius 2 is 2.04 bits per heavy atom. The predicted octanol–water partition coefficient (Wildman–Crippen LogP) is 2.66. The molecule has 3 fully saturated rings. The lowest BCUT2D eigenvalue weighted by Crippen LogP contribution is -2.52. The first kappa shape index (κ1) is 18.3. The van der Waals surface area contributed by atoms with E-state index in [0.717, 1.165) is 30.3 Å². The number of esters is 1. The Hall–Kier alpha value is -1.51. The van der Waals surface area contributed by atoms with Gasteiger partial charge in [-0.15, -0.1) is 0 Å². The lowest BCUT2D eigenvalue weighted by Gasteiger charge is -2.47. The SMILES string of the molecule is COC(=O)[C@H]1C2CCC(CC2)[C@@H]1Nc1nc(Br)cn(CC(F)F)c1=O. The third-order valence-corrected chi connectivity index (χ3v) is 5.66. The van der Waals surface area contributed by atoms with Crippen molar-refractivity contribution in [2.45, 2.75) is 44.7 Å². The van der Waals surface area contributed by atoms with Crippen LogP contribution >= 0.6 is 15.9 Å². The van der Waals surface area contributed by atoms with Crippen LogP contribution in [0.15, 0.2) is 15.6 Å². The number of hydrogen-bond donors (Lipinski definition) is 1. The maximum Gasteiger partial charge on any atom is 0.311 e. The highest BCUT2D eigenvalue weighted by molar-refractivity contribution is 9.10. The first-order valence-electron chi connectivity index (χ1n) is 8.30. The van der Waals surface area contributed by atoms with Gasteiger partial charge in [0.15, 0.2) is 5.82 Å². The number of carbonyl (C=O) groups excluding carboxylic acids is 1. The van der Waals surface area contributed by atoms with Crippen LogP contribution in [0, 0.1) is 17.8 Å². The van der Waals surface area contributed by atoms with Gasteiger partial charge < -0.3 is 14.6 Å². The van der Waals surface area contributed by atoms with Gasteiger partial charge >= 0.3 is 5.97 Å². The number of fused-ring (bicyclic) bond motifs is 3. The number of nitrogens with one attached hydrogen (secondary N) is 1. The molecule has 138 valence electrons. The Morgan fingerprint density at radius 1 is 1.40 bits per heavy atom. The van der Waals surface area contributed by atoms with Crippen molar-refractivity contribution in [1.29, 1.82) is 0 Å². The summed E-state index contributed by atoms with van der Waals surface area (Å²) in [4.78, 5) is 28.8. The highest BCUT2D eigenvalue weighted by atomic mass is 79.9. The molecule has 3 aliphatic rings. The standard InChI is InChI=1S/C16H20BrF2N3O3/c1-25-16(24)12-8-2-4-9(5-3-8)13(12)21-14-15(23)22(7-11(18)19)6-10(17)20-14/h6,8-9,11-13H,2-5,7H2,1H3,(H,20,21)/t8?,9?,12-,13-/m0/s1. The number of halogens is 3. The zero-order valence-corrected chi connectivity index (χ0v) is 15.3. The topological polar surface area (TPSA) is 73.2 Å². The van der Waals surface area contributed by atoms with Gasteiger partial charge in [-0.2, -0.15) is 0 Å². The Kier molecular flexibility index (Phi) is 5.41. The van der Waals surface area contributed by atoms with Gasteiger partial charge in [-0.05, 0) is 53.4 Å². The molecule has 4 rings (SSSR count). The molecule has 1 aromatic heterocycles. The zero-order chi connectivity index (χ0) is 18.1. The number of nitrogens with zero attached hydrogens (tertiary/aromatic N) is 2. The van der Waals surface area contributed by atoms with E-state index in [1.807, 2.05) is 0 Å². The lowest BCUT2D eigenvalue weighted by atomic mass is 9.61. The smallest absolute Gasteiger partial charge is 0.311 e. The maximum absolute atomic E-state index is 12.7. The molecule has 0 radical (unpaired) electrons. The number of hydrogen-bond acceptors (Lipinski definition) is 5. The fourth-order valence-electron chi connectivity index (χ4n) is 4.18. The van der Waals surface area contributed by atoms with E-state index in [4.69, 9.17) is 4.74 Å². The summed E-state index contributed by atoms with van der Waals surface area (Å²) in [7, 11) is 1.36. The fraction of sp³-hybridized carbons (Fsp3) is 0.688. The van der Waals surface area contributed by atoms with Crippen molar-refractivity contribution in [2.75, 3.05) is 12.4 Å². The van der Waals surface area contributed by atoms with Crippen molar-refractivity contribution in [2.24, 2.45) is 17.8 Å². The molecule has 0 spiro atoms. The van der Waals surface area contributed by atoms with Crippen LogP contribution in [0.4, 0.5) is 14.6 Å². The van der Waals surface area contributed by atoms with Crippen LogP contribution in [-0.2, 0) is 16.1 Å². The molecule has 2 bridgehead atoms. The van der Waals surface area contributed by atoms with Gasteiger partial charge in [0.25, 0.3) is 12.0 Å². The molecule has 0 saturated heterocycles. The van der Waals surface area contributed by atoms with Crippen molar-refractivity contribution < 1.29 is 18.3 Å². The van der Waals surface area contributed by atoms with Crippen LogP contribution in [-0.4, -0.2) is 35.1 Å². The Morgan fingerprint density at radius 3 is 2.64 bits per heavy atom. The number of carbonyl (C=O) groups is 1. The molecule has 1 N–H and O–H groups in total. The molecule has 6 nitrogen and oxygen atoms in total. The largest absolute Gasteiger partial charge is 0.469 e. The first-order chi connectivity index (χ1) is 11.9. The van der Waals surface area contributed by atoms with E-state index in [9.17, 15) is 18.4 Å². The molecule has 3 aliphatic carbocycles. The van der Waals surface area contributed by atoms with Gasteiger partial charge in [0, 0.05) is 12.2 Å². The van der Waals surface area contributed by atoms with E-state index in [1.54, 1.807) is 0 Å². The molecule has 0 aromatic carbocycles. The Labute approximate surface area is 152 Å². The highest BCUT2D eigenvalue weighted by Gasteiger charge is 2.48. The Bertz CT molecular complexity index is 704. The second-order valence-corrected chi connectivity index (χ2v) is 7.47. The normalized spacial score (nSPS) is 28.2. The number of anilines is 1. The molecular weight excluding hydrogens is 400 g/mol. The maximum atomic E-state index is 12.7. The molecule has 2 atom stereocenters. The molecule has 3 saturated carbocycles. The van der Waals surface area contributed by atoms with Crippen LogP contribution in [0.2, 0.25) is 0 Å². The van der Waals surface area contributed by atoms with Crippen molar-refractivity contribution in [3.05, 3.63) is 21.2 Å². The molecule has 25 heavy (non-hydrogen) atoms. The summed E-state index contributed by atoms with van der Waals surface area (Å²) in [5.41, 5.74) is -0.617. The summed E-state index contributed by atoms with van der Waals surface area (Å²) >= 11 is 3.15. The van der Waals surface area contributed by atoms with Crippen molar-refractivity contribution >= 4 is 27.7 Å². The fourth-order valence-corrected chi connectivity index (χ4v) is 4.60. The van der Waals surface area contributed by atoms with E-state index in [-0.39, 0.29) is 40.2 Å².